The summed E-state index contributed by atoms with van der Waals surface area (Å²) in [5, 5.41) is 3.66. The normalized spacial score (nSPS) is 13.3. The average Bonchev–Trinajstić information content (AvgIpc) is 3.14. The van der Waals surface area contributed by atoms with Crippen LogP contribution in [-0.4, -0.2) is 28.9 Å². The number of aryl methyl sites for hydroxylation is 2. The minimum atomic E-state index is -0.0770. The van der Waals surface area contributed by atoms with Crippen molar-refractivity contribution in [2.45, 2.75) is 39.7 Å². The van der Waals surface area contributed by atoms with Crippen molar-refractivity contribution in [1.82, 2.24) is 9.88 Å². The number of nitrogens with zero attached hydrogens (tertiary/aromatic N) is 2. The lowest BCUT2D eigenvalue weighted by Gasteiger charge is -2.17. The Morgan fingerprint density at radius 1 is 1.22 bits per heavy atom. The first-order valence-electron chi connectivity index (χ1n) is 8.30. The highest BCUT2D eigenvalue weighted by atomic mass is 32.1. The molecular formula is C18H23N3OS. The van der Waals surface area contributed by atoms with Crippen molar-refractivity contribution < 1.29 is 4.79 Å². The van der Waals surface area contributed by atoms with E-state index in [9.17, 15) is 4.79 Å². The van der Waals surface area contributed by atoms with Gasteiger partial charge in [0.25, 0.3) is 5.91 Å². The maximum atomic E-state index is 12.3. The van der Waals surface area contributed by atoms with Crippen molar-refractivity contribution in [3.63, 3.8) is 0 Å². The van der Waals surface area contributed by atoms with Gasteiger partial charge in [-0.25, -0.2) is 4.98 Å². The van der Waals surface area contributed by atoms with Crippen LogP contribution in [0.15, 0.2) is 24.3 Å². The van der Waals surface area contributed by atoms with Crippen LogP contribution in [0.3, 0.4) is 0 Å². The molecule has 1 aliphatic rings. The summed E-state index contributed by atoms with van der Waals surface area (Å²) >= 11 is 1.61. The molecule has 5 heteroatoms. The zero-order valence-electron chi connectivity index (χ0n) is 13.8. The molecule has 23 heavy (non-hydrogen) atoms. The smallest absolute Gasteiger partial charge is 0.257 e. The van der Waals surface area contributed by atoms with E-state index in [1.54, 1.807) is 11.3 Å². The molecule has 122 valence electrons. The predicted octanol–water partition coefficient (Wildman–Crippen LogP) is 3.73. The lowest BCUT2D eigenvalue weighted by atomic mass is 10.1. The van der Waals surface area contributed by atoms with Crippen LogP contribution in [0.25, 0.3) is 0 Å². The third-order valence-electron chi connectivity index (χ3n) is 4.33. The van der Waals surface area contributed by atoms with Crippen LogP contribution in [-0.2, 0) is 19.4 Å². The highest BCUT2D eigenvalue weighted by molar-refractivity contribution is 7.15. The van der Waals surface area contributed by atoms with E-state index in [0.29, 0.717) is 5.56 Å². The Labute approximate surface area is 141 Å². The molecule has 0 aliphatic heterocycles. The van der Waals surface area contributed by atoms with Crippen LogP contribution >= 0.6 is 11.3 Å². The Kier molecular flexibility index (Phi) is 5.08. The van der Waals surface area contributed by atoms with Gasteiger partial charge in [0.15, 0.2) is 5.13 Å². The number of carbonyl (C=O) groups excluding carboxylic acids is 1. The molecule has 1 aliphatic carbocycles. The largest absolute Gasteiger partial charge is 0.300 e. The third kappa shape index (κ3) is 3.79. The number of benzene rings is 1. The summed E-state index contributed by atoms with van der Waals surface area (Å²) in [4.78, 5) is 20.5. The molecule has 0 radical (unpaired) electrons. The van der Waals surface area contributed by atoms with E-state index in [1.807, 2.05) is 24.3 Å². The number of anilines is 1. The first-order chi connectivity index (χ1) is 11.2. The number of amides is 1. The highest BCUT2D eigenvalue weighted by Crippen LogP contribution is 2.30. The van der Waals surface area contributed by atoms with Gasteiger partial charge in [-0.2, -0.15) is 0 Å². The van der Waals surface area contributed by atoms with Gasteiger partial charge in [0, 0.05) is 17.0 Å². The van der Waals surface area contributed by atoms with Crippen LogP contribution < -0.4 is 5.32 Å². The van der Waals surface area contributed by atoms with Crippen molar-refractivity contribution in [2.24, 2.45) is 0 Å². The molecule has 1 aromatic carbocycles. The summed E-state index contributed by atoms with van der Waals surface area (Å²) < 4.78 is 0. The SMILES string of the molecule is CCN(CC)Cc1ccc(C(=O)Nc2nc3c(s2)CCC3)cc1. The summed E-state index contributed by atoms with van der Waals surface area (Å²) in [5.41, 5.74) is 3.09. The molecule has 0 bridgehead atoms. The monoisotopic (exact) mass is 329 g/mol. The molecular weight excluding hydrogens is 306 g/mol. The van der Waals surface area contributed by atoms with E-state index in [2.05, 4.69) is 29.0 Å². The van der Waals surface area contributed by atoms with Gasteiger partial charge < -0.3 is 0 Å². The van der Waals surface area contributed by atoms with E-state index in [-0.39, 0.29) is 5.91 Å². The topological polar surface area (TPSA) is 45.2 Å². The van der Waals surface area contributed by atoms with Crippen molar-refractivity contribution >= 4 is 22.4 Å². The molecule has 0 saturated carbocycles. The number of thiazole rings is 1. The van der Waals surface area contributed by atoms with Gasteiger partial charge in [-0.1, -0.05) is 26.0 Å². The van der Waals surface area contributed by atoms with Crippen LogP contribution in [0, 0.1) is 0 Å². The van der Waals surface area contributed by atoms with Gasteiger partial charge >= 0.3 is 0 Å². The Morgan fingerprint density at radius 3 is 2.61 bits per heavy atom. The average molecular weight is 329 g/mol. The van der Waals surface area contributed by atoms with Crippen LogP contribution in [0.5, 0.6) is 0 Å². The number of carbonyl (C=O) groups is 1. The minimum absolute atomic E-state index is 0.0770. The standard InChI is InChI=1S/C18H23N3OS/c1-3-21(4-2)12-13-8-10-14(11-9-13)17(22)20-18-19-15-6-5-7-16(15)23-18/h8-11H,3-7,12H2,1-2H3,(H,19,20,22). The maximum absolute atomic E-state index is 12.3. The van der Waals surface area contributed by atoms with Crippen LogP contribution in [0.1, 0.15) is 46.8 Å². The molecule has 3 rings (SSSR count). The van der Waals surface area contributed by atoms with E-state index < -0.39 is 0 Å². The van der Waals surface area contributed by atoms with Crippen molar-refractivity contribution in [1.29, 1.82) is 0 Å². The molecule has 0 saturated heterocycles. The molecule has 1 aromatic heterocycles. The third-order valence-corrected chi connectivity index (χ3v) is 5.41. The first kappa shape index (κ1) is 16.1. The van der Waals surface area contributed by atoms with E-state index in [1.165, 1.54) is 22.6 Å². The van der Waals surface area contributed by atoms with E-state index in [4.69, 9.17) is 0 Å². The molecule has 0 atom stereocenters. The van der Waals surface area contributed by atoms with Crippen molar-refractivity contribution in [2.75, 3.05) is 18.4 Å². The molecule has 0 unspecified atom stereocenters. The lowest BCUT2D eigenvalue weighted by molar-refractivity contribution is 0.102. The fraction of sp³-hybridized carbons (Fsp3) is 0.444. The molecule has 0 fully saturated rings. The first-order valence-corrected chi connectivity index (χ1v) is 9.12. The van der Waals surface area contributed by atoms with Gasteiger partial charge in [0.2, 0.25) is 0 Å². The second kappa shape index (κ2) is 7.23. The summed E-state index contributed by atoms with van der Waals surface area (Å²) in [7, 11) is 0. The summed E-state index contributed by atoms with van der Waals surface area (Å²) in [5.74, 6) is -0.0770. The molecule has 1 N–H and O–H groups in total. The van der Waals surface area contributed by atoms with E-state index >= 15 is 0 Å². The van der Waals surface area contributed by atoms with Crippen molar-refractivity contribution in [3.05, 3.63) is 46.0 Å². The fourth-order valence-corrected chi connectivity index (χ4v) is 3.92. The zero-order valence-corrected chi connectivity index (χ0v) is 14.6. The van der Waals surface area contributed by atoms with Crippen molar-refractivity contribution in [3.8, 4) is 0 Å². The van der Waals surface area contributed by atoms with Gasteiger partial charge in [0.1, 0.15) is 0 Å². The number of rotatable bonds is 6. The Morgan fingerprint density at radius 2 is 1.96 bits per heavy atom. The second-order valence-electron chi connectivity index (χ2n) is 5.85. The maximum Gasteiger partial charge on any atom is 0.257 e. The molecule has 1 heterocycles. The highest BCUT2D eigenvalue weighted by Gasteiger charge is 2.18. The van der Waals surface area contributed by atoms with Crippen LogP contribution in [0.2, 0.25) is 0 Å². The number of fused-ring (bicyclic) bond motifs is 1. The van der Waals surface area contributed by atoms with Gasteiger partial charge in [-0.05, 0) is 50.0 Å². The predicted molar refractivity (Wildman–Crippen MR) is 95.2 cm³/mol. The van der Waals surface area contributed by atoms with Gasteiger partial charge in [-0.15, -0.1) is 11.3 Å². The molecule has 4 nitrogen and oxygen atoms in total. The Balaban J connectivity index is 1.63. The number of hydrogen-bond acceptors (Lipinski definition) is 4. The zero-order chi connectivity index (χ0) is 16.2. The summed E-state index contributed by atoms with van der Waals surface area (Å²) in [6.07, 6.45) is 3.33. The molecule has 2 aromatic rings. The number of nitrogens with one attached hydrogen (secondary N) is 1. The number of aromatic nitrogens is 1. The Bertz CT molecular complexity index is 653. The summed E-state index contributed by atoms with van der Waals surface area (Å²) in [6, 6.07) is 7.87. The van der Waals surface area contributed by atoms with Gasteiger partial charge in [-0.3, -0.25) is 15.0 Å². The van der Waals surface area contributed by atoms with E-state index in [0.717, 1.165) is 37.6 Å². The van der Waals surface area contributed by atoms with Gasteiger partial charge in [0.05, 0.1) is 5.69 Å². The fourth-order valence-electron chi connectivity index (χ4n) is 2.88. The van der Waals surface area contributed by atoms with Crippen LogP contribution in [0.4, 0.5) is 5.13 Å². The quantitative estimate of drug-likeness (QED) is 0.878. The number of hydrogen-bond donors (Lipinski definition) is 1. The summed E-state index contributed by atoms with van der Waals surface area (Å²) in [6.45, 7) is 7.32. The second-order valence-corrected chi connectivity index (χ2v) is 6.94. The Hall–Kier alpha value is -1.72. The minimum Gasteiger partial charge on any atom is -0.300 e. The molecule has 0 spiro atoms. The molecule has 1 amide bonds. The lowest BCUT2D eigenvalue weighted by Crippen LogP contribution is -2.22.